The number of methoxy groups -OCH3 is 2. The summed E-state index contributed by atoms with van der Waals surface area (Å²) in [4.78, 5) is 35.2. The van der Waals surface area contributed by atoms with E-state index in [2.05, 4.69) is 25.7 Å². The summed E-state index contributed by atoms with van der Waals surface area (Å²) < 4.78 is 16.4. The third kappa shape index (κ3) is 6.25. The molecular weight excluding hydrogens is 570 g/mol. The van der Waals surface area contributed by atoms with Crippen LogP contribution in [-0.2, 0) is 24.5 Å². The van der Waals surface area contributed by atoms with Gasteiger partial charge in [0, 0.05) is 64.1 Å². The maximum atomic E-state index is 13.9. The number of aromatic nitrogens is 2. The van der Waals surface area contributed by atoms with E-state index in [4.69, 9.17) is 14.0 Å². The highest BCUT2D eigenvalue weighted by atomic mass is 32.1. The number of amides is 1. The molecule has 1 amide bonds. The van der Waals surface area contributed by atoms with Gasteiger partial charge in [-0.05, 0) is 25.0 Å². The third-order valence-electron chi connectivity index (χ3n) is 8.66. The van der Waals surface area contributed by atoms with Crippen LogP contribution in [0.3, 0.4) is 0 Å². The second-order valence-corrected chi connectivity index (χ2v) is 13.1. The van der Waals surface area contributed by atoms with Gasteiger partial charge < -0.3 is 29.3 Å². The maximum absolute atomic E-state index is 13.9. The van der Waals surface area contributed by atoms with Gasteiger partial charge in [-0.25, -0.2) is 4.98 Å². The SMILES string of the molecule is COC(OC)C1CN(c2cc(C(C)(C)CC(=O)[C@@]3(C(=O)N[C@@H](C)c4ccc(-c5scnc5C)cc4)CC(O)CN3)on2)C1. The zero-order valence-corrected chi connectivity index (χ0v) is 26.4. The van der Waals surface area contributed by atoms with Crippen LogP contribution in [0.5, 0.6) is 0 Å². The molecule has 0 saturated carbocycles. The Morgan fingerprint density at radius 2 is 1.95 bits per heavy atom. The molecule has 0 aliphatic carbocycles. The maximum Gasteiger partial charge on any atom is 0.248 e. The predicted octanol–water partition coefficient (Wildman–Crippen LogP) is 3.37. The van der Waals surface area contributed by atoms with Crippen molar-refractivity contribution in [3.05, 3.63) is 52.9 Å². The molecule has 2 aliphatic heterocycles. The van der Waals surface area contributed by atoms with E-state index in [0.717, 1.165) is 21.7 Å². The second kappa shape index (κ2) is 12.4. The Bertz CT molecular complexity index is 1430. The molecule has 3 atom stereocenters. The minimum absolute atomic E-state index is 0.00104. The highest BCUT2D eigenvalue weighted by molar-refractivity contribution is 7.13. The number of carbonyl (C=O) groups excluding carboxylic acids is 2. The van der Waals surface area contributed by atoms with Crippen LogP contribution in [0.25, 0.3) is 10.4 Å². The van der Waals surface area contributed by atoms with Crippen LogP contribution < -0.4 is 15.5 Å². The summed E-state index contributed by atoms with van der Waals surface area (Å²) in [6, 6.07) is 9.47. The number of Topliss-reactive ketones (excluding diaryl/α,β-unsaturated/α-hetero) is 1. The van der Waals surface area contributed by atoms with Gasteiger partial charge in [0.25, 0.3) is 0 Å². The van der Waals surface area contributed by atoms with Crippen molar-refractivity contribution in [2.75, 3.05) is 38.8 Å². The second-order valence-electron chi connectivity index (χ2n) is 12.3. The van der Waals surface area contributed by atoms with Crippen molar-refractivity contribution in [1.29, 1.82) is 0 Å². The van der Waals surface area contributed by atoms with Crippen LogP contribution in [-0.4, -0.2) is 78.7 Å². The number of aliphatic hydroxyl groups excluding tert-OH is 1. The molecule has 3 N–H and O–H groups in total. The lowest BCUT2D eigenvalue weighted by molar-refractivity contribution is -0.142. The highest BCUT2D eigenvalue weighted by Crippen LogP contribution is 2.36. The summed E-state index contributed by atoms with van der Waals surface area (Å²) in [6.07, 6.45) is -1.07. The molecule has 2 saturated heterocycles. The van der Waals surface area contributed by atoms with Gasteiger partial charge in [0.2, 0.25) is 5.91 Å². The quantitative estimate of drug-likeness (QED) is 0.206. The largest absolute Gasteiger partial charge is 0.392 e. The molecule has 5 rings (SSSR count). The van der Waals surface area contributed by atoms with Gasteiger partial charge in [-0.3, -0.25) is 14.9 Å². The molecule has 0 radical (unpaired) electrons. The number of anilines is 1. The van der Waals surface area contributed by atoms with E-state index < -0.39 is 23.0 Å². The first kappa shape index (κ1) is 31.3. The van der Waals surface area contributed by atoms with Crippen LogP contribution in [0.4, 0.5) is 5.82 Å². The minimum Gasteiger partial charge on any atom is -0.392 e. The number of hydrogen-bond acceptors (Lipinski definition) is 11. The number of hydrogen-bond donors (Lipinski definition) is 3. The van der Waals surface area contributed by atoms with Crippen molar-refractivity contribution in [3.8, 4) is 10.4 Å². The molecule has 1 aromatic carbocycles. The van der Waals surface area contributed by atoms with Gasteiger partial charge in [-0.1, -0.05) is 43.3 Å². The number of nitrogens with zero attached hydrogens (tertiary/aromatic N) is 3. The van der Waals surface area contributed by atoms with Gasteiger partial charge in [-0.2, -0.15) is 0 Å². The minimum atomic E-state index is -1.55. The van der Waals surface area contributed by atoms with Crippen LogP contribution >= 0.6 is 11.3 Å². The average Bonchev–Trinajstić information content (AvgIpc) is 3.71. The van der Waals surface area contributed by atoms with E-state index in [1.54, 1.807) is 25.6 Å². The monoisotopic (exact) mass is 611 g/mol. The Kier molecular flexibility index (Phi) is 9.05. The summed E-state index contributed by atoms with van der Waals surface area (Å²) in [6.45, 7) is 9.24. The molecule has 0 bridgehead atoms. The topological polar surface area (TPSA) is 139 Å². The van der Waals surface area contributed by atoms with Gasteiger partial charge in [0.05, 0.1) is 28.2 Å². The highest BCUT2D eigenvalue weighted by Gasteiger charge is 2.52. The smallest absolute Gasteiger partial charge is 0.248 e. The molecule has 1 unspecified atom stereocenters. The fourth-order valence-corrected chi connectivity index (χ4v) is 6.75. The fourth-order valence-electron chi connectivity index (χ4n) is 5.93. The Morgan fingerprint density at radius 1 is 1.26 bits per heavy atom. The molecule has 4 heterocycles. The molecule has 2 aromatic heterocycles. The van der Waals surface area contributed by atoms with E-state index in [-0.39, 0.29) is 43.4 Å². The van der Waals surface area contributed by atoms with Crippen molar-refractivity contribution in [3.63, 3.8) is 0 Å². The molecule has 2 fully saturated rings. The van der Waals surface area contributed by atoms with Gasteiger partial charge in [0.15, 0.2) is 23.4 Å². The Hall–Kier alpha value is -3.16. The lowest BCUT2D eigenvalue weighted by atomic mass is 9.77. The molecule has 11 nitrogen and oxygen atoms in total. The Morgan fingerprint density at radius 3 is 2.53 bits per heavy atom. The summed E-state index contributed by atoms with van der Waals surface area (Å²) in [7, 11) is 3.25. The summed E-state index contributed by atoms with van der Waals surface area (Å²) in [5, 5.41) is 20.7. The number of benzene rings is 1. The Balaban J connectivity index is 1.25. The normalized spacial score (nSPS) is 21.7. The lowest BCUT2D eigenvalue weighted by Crippen LogP contribution is -2.60. The average molecular weight is 612 g/mol. The first-order valence-electron chi connectivity index (χ1n) is 14.5. The van der Waals surface area contributed by atoms with E-state index in [1.165, 1.54) is 0 Å². The molecule has 232 valence electrons. The van der Waals surface area contributed by atoms with Crippen molar-refractivity contribution < 1.29 is 28.7 Å². The zero-order valence-electron chi connectivity index (χ0n) is 25.5. The van der Waals surface area contributed by atoms with Gasteiger partial charge in [-0.15, -0.1) is 11.3 Å². The van der Waals surface area contributed by atoms with Gasteiger partial charge in [0.1, 0.15) is 5.76 Å². The Labute approximate surface area is 255 Å². The number of aryl methyl sites for hydroxylation is 1. The number of ketones is 1. The number of carbonyl (C=O) groups is 2. The van der Waals surface area contributed by atoms with Crippen LogP contribution in [0.1, 0.15) is 56.7 Å². The molecule has 2 aliphatic rings. The number of nitrogens with one attached hydrogen (secondary N) is 2. The molecular formula is C31H41N5O6S. The molecule has 0 spiro atoms. The van der Waals surface area contributed by atoms with Crippen molar-refractivity contribution in [1.82, 2.24) is 20.8 Å². The molecule has 12 heteroatoms. The molecule has 43 heavy (non-hydrogen) atoms. The van der Waals surface area contributed by atoms with E-state index in [0.29, 0.717) is 24.7 Å². The lowest BCUT2D eigenvalue weighted by Gasteiger charge is -2.41. The zero-order chi connectivity index (χ0) is 30.9. The number of aliphatic hydroxyl groups is 1. The standard InChI is InChI=1S/C31H41N5O6S/c1-18(20-7-9-21(10-8-20)27-19(2)32-17-43-27)34-29(39)31(12-23(37)14-33-31)24(38)13-30(3,4)25-11-26(35-42-25)36-15-22(16-36)28(40-5)41-6/h7-11,17-18,22-23,28,33,37H,12-16H2,1-6H3,(H,34,39)/t18-,23?,31+/m0/s1. The van der Waals surface area contributed by atoms with E-state index in [9.17, 15) is 14.7 Å². The van der Waals surface area contributed by atoms with Crippen molar-refractivity contribution in [2.24, 2.45) is 5.92 Å². The van der Waals surface area contributed by atoms with Gasteiger partial charge >= 0.3 is 0 Å². The van der Waals surface area contributed by atoms with Crippen molar-refractivity contribution in [2.45, 2.75) is 69.9 Å². The number of ether oxygens (including phenoxy) is 2. The first-order valence-corrected chi connectivity index (χ1v) is 15.4. The van der Waals surface area contributed by atoms with Crippen LogP contribution in [0.2, 0.25) is 0 Å². The fraction of sp³-hybridized carbons (Fsp3) is 0.548. The predicted molar refractivity (Wildman–Crippen MR) is 163 cm³/mol. The van der Waals surface area contributed by atoms with Crippen LogP contribution in [0, 0.1) is 12.8 Å². The first-order chi connectivity index (χ1) is 20.5. The molecule has 3 aromatic rings. The summed E-state index contributed by atoms with van der Waals surface area (Å²) in [5.41, 5.74) is 2.48. The summed E-state index contributed by atoms with van der Waals surface area (Å²) in [5.74, 6) is 0.707. The van der Waals surface area contributed by atoms with E-state index in [1.807, 2.05) is 63.5 Å². The van der Waals surface area contributed by atoms with E-state index >= 15 is 0 Å². The number of rotatable bonds is 12. The third-order valence-corrected chi connectivity index (χ3v) is 9.64. The van der Waals surface area contributed by atoms with Crippen molar-refractivity contribution >= 4 is 28.8 Å². The summed E-state index contributed by atoms with van der Waals surface area (Å²) >= 11 is 1.59. The number of β-amino-alcohol motifs (C(OH)–C–C–N with tert-alkyl or cyclic N) is 1. The van der Waals surface area contributed by atoms with Crippen LogP contribution in [0.15, 0.2) is 40.4 Å². The number of thiazole rings is 1.